The summed E-state index contributed by atoms with van der Waals surface area (Å²) >= 11 is 0. The maximum atomic E-state index is 12.7. The molecule has 1 aliphatic rings. The number of benzene rings is 1. The average Bonchev–Trinajstić information content (AvgIpc) is 2.38. The lowest BCUT2D eigenvalue weighted by Crippen LogP contribution is -2.19. The van der Waals surface area contributed by atoms with E-state index in [1.165, 1.54) is 12.1 Å². The van der Waals surface area contributed by atoms with E-state index in [1.807, 2.05) is 6.08 Å². The highest BCUT2D eigenvalue weighted by Gasteiger charge is 2.12. The van der Waals surface area contributed by atoms with E-state index in [1.54, 1.807) is 18.4 Å². The van der Waals surface area contributed by atoms with Gasteiger partial charge in [-0.25, -0.2) is 4.39 Å². The summed E-state index contributed by atoms with van der Waals surface area (Å²) in [5.41, 5.74) is 1.07. The monoisotopic (exact) mass is 236 g/mol. The highest BCUT2D eigenvalue weighted by molar-refractivity contribution is 5.18. The molecule has 1 heterocycles. The Bertz CT molecular complexity index is 353. The molecule has 0 amide bonds. The molecular formula is C14H17FO2. The predicted molar refractivity (Wildman–Crippen MR) is 63.9 cm³/mol. The van der Waals surface area contributed by atoms with E-state index in [2.05, 4.69) is 0 Å². The van der Waals surface area contributed by atoms with Gasteiger partial charge in [-0.05, 0) is 43.0 Å². The van der Waals surface area contributed by atoms with Gasteiger partial charge in [-0.1, -0.05) is 12.1 Å². The van der Waals surface area contributed by atoms with Gasteiger partial charge in [0.15, 0.2) is 6.29 Å². The summed E-state index contributed by atoms with van der Waals surface area (Å²) in [4.78, 5) is 0. The van der Waals surface area contributed by atoms with Gasteiger partial charge in [0.25, 0.3) is 0 Å². The predicted octanol–water partition coefficient (Wildman–Crippen LogP) is 3.43. The molecule has 1 unspecified atom stereocenters. The first-order valence-corrected chi connectivity index (χ1v) is 6.01. The van der Waals surface area contributed by atoms with Crippen molar-refractivity contribution < 1.29 is 13.9 Å². The van der Waals surface area contributed by atoms with Crippen molar-refractivity contribution in [2.45, 2.75) is 32.0 Å². The minimum Gasteiger partial charge on any atom is -0.473 e. The molecule has 0 N–H and O–H groups in total. The Morgan fingerprint density at radius 1 is 1.29 bits per heavy atom. The molecule has 2 nitrogen and oxygen atoms in total. The molecule has 1 aromatic rings. The van der Waals surface area contributed by atoms with Crippen LogP contribution in [0.2, 0.25) is 0 Å². The number of hydrogen-bond acceptors (Lipinski definition) is 2. The second-order valence-corrected chi connectivity index (χ2v) is 4.13. The quantitative estimate of drug-likeness (QED) is 0.746. The van der Waals surface area contributed by atoms with Crippen molar-refractivity contribution in [1.82, 2.24) is 0 Å². The maximum absolute atomic E-state index is 12.7. The molecule has 0 aliphatic carbocycles. The maximum Gasteiger partial charge on any atom is 0.198 e. The molecule has 0 saturated carbocycles. The third-order valence-electron chi connectivity index (χ3n) is 2.73. The number of rotatable bonds is 4. The molecule has 1 aromatic carbocycles. The summed E-state index contributed by atoms with van der Waals surface area (Å²) in [6.45, 7) is 0.788. The zero-order chi connectivity index (χ0) is 11.9. The van der Waals surface area contributed by atoms with Gasteiger partial charge < -0.3 is 9.47 Å². The highest BCUT2D eigenvalue weighted by Crippen LogP contribution is 2.14. The minimum absolute atomic E-state index is 0.0896. The topological polar surface area (TPSA) is 18.5 Å². The Hall–Kier alpha value is -1.35. The summed E-state index contributed by atoms with van der Waals surface area (Å²) in [5, 5.41) is 0. The van der Waals surface area contributed by atoms with E-state index in [9.17, 15) is 4.39 Å². The number of hydrogen-bond donors (Lipinski definition) is 0. The van der Waals surface area contributed by atoms with Crippen LogP contribution in [-0.2, 0) is 15.9 Å². The molecule has 3 heteroatoms. The highest BCUT2D eigenvalue weighted by atomic mass is 19.1. The van der Waals surface area contributed by atoms with Crippen LogP contribution in [0.25, 0.3) is 0 Å². The number of ether oxygens (including phenoxy) is 2. The van der Waals surface area contributed by atoms with Gasteiger partial charge in [0.1, 0.15) is 5.82 Å². The van der Waals surface area contributed by atoms with Crippen LogP contribution in [-0.4, -0.2) is 12.9 Å². The molecular weight excluding hydrogens is 219 g/mol. The fourth-order valence-electron chi connectivity index (χ4n) is 1.77. The molecule has 2 rings (SSSR count). The lowest BCUT2D eigenvalue weighted by Gasteiger charge is -2.21. The zero-order valence-electron chi connectivity index (χ0n) is 9.77. The smallest absolute Gasteiger partial charge is 0.198 e. The molecule has 92 valence electrons. The summed E-state index contributed by atoms with van der Waals surface area (Å²) < 4.78 is 23.5. The van der Waals surface area contributed by atoms with Gasteiger partial charge in [-0.3, -0.25) is 0 Å². The molecule has 0 radical (unpaired) electrons. The molecule has 0 bridgehead atoms. The van der Waals surface area contributed by atoms with E-state index in [-0.39, 0.29) is 12.1 Å². The molecule has 1 aliphatic heterocycles. The second-order valence-electron chi connectivity index (χ2n) is 4.13. The Balaban J connectivity index is 1.72. The minimum atomic E-state index is -0.204. The van der Waals surface area contributed by atoms with Crippen molar-refractivity contribution in [2.75, 3.05) is 6.61 Å². The van der Waals surface area contributed by atoms with Crippen LogP contribution in [0.3, 0.4) is 0 Å². The van der Waals surface area contributed by atoms with E-state index < -0.39 is 0 Å². The Morgan fingerprint density at radius 2 is 2.12 bits per heavy atom. The van der Waals surface area contributed by atoms with Crippen LogP contribution in [0.4, 0.5) is 4.39 Å². The van der Waals surface area contributed by atoms with Crippen molar-refractivity contribution in [3.63, 3.8) is 0 Å². The first-order chi connectivity index (χ1) is 8.34. The Morgan fingerprint density at radius 3 is 2.82 bits per heavy atom. The summed E-state index contributed by atoms with van der Waals surface area (Å²) in [6, 6.07) is 6.48. The fourth-order valence-corrected chi connectivity index (χ4v) is 1.77. The Labute approximate surface area is 101 Å². The number of allylic oxidation sites excluding steroid dienone is 1. The first-order valence-electron chi connectivity index (χ1n) is 6.01. The van der Waals surface area contributed by atoms with Gasteiger partial charge in [0, 0.05) is 6.42 Å². The lowest BCUT2D eigenvalue weighted by atomic mass is 10.1. The van der Waals surface area contributed by atoms with Gasteiger partial charge in [0.05, 0.1) is 12.9 Å². The van der Waals surface area contributed by atoms with E-state index in [0.29, 0.717) is 0 Å². The summed E-state index contributed by atoms with van der Waals surface area (Å²) in [7, 11) is 0. The van der Waals surface area contributed by atoms with Crippen LogP contribution >= 0.6 is 0 Å². The zero-order valence-corrected chi connectivity index (χ0v) is 9.77. The standard InChI is InChI=1S/C14H17FO2/c15-13-8-6-12(7-9-13)4-3-11-17-14-5-1-2-10-16-14/h3,6-9,11,14H,1-2,4-5,10H2/b11-3+. The van der Waals surface area contributed by atoms with Crippen LogP contribution in [0.5, 0.6) is 0 Å². The third kappa shape index (κ3) is 4.19. The molecule has 0 aromatic heterocycles. The van der Waals surface area contributed by atoms with Gasteiger partial charge in [-0.2, -0.15) is 0 Å². The fraction of sp³-hybridized carbons (Fsp3) is 0.429. The van der Waals surface area contributed by atoms with Crippen molar-refractivity contribution in [3.8, 4) is 0 Å². The molecule has 0 spiro atoms. The summed E-state index contributed by atoms with van der Waals surface area (Å²) in [6.07, 6.45) is 7.50. The molecule has 17 heavy (non-hydrogen) atoms. The van der Waals surface area contributed by atoms with Crippen molar-refractivity contribution in [1.29, 1.82) is 0 Å². The average molecular weight is 236 g/mol. The van der Waals surface area contributed by atoms with Crippen LogP contribution in [0.15, 0.2) is 36.6 Å². The lowest BCUT2D eigenvalue weighted by molar-refractivity contribution is -0.129. The largest absolute Gasteiger partial charge is 0.473 e. The number of halogens is 1. The molecule has 1 atom stereocenters. The van der Waals surface area contributed by atoms with Gasteiger partial charge in [-0.15, -0.1) is 0 Å². The van der Waals surface area contributed by atoms with Crippen LogP contribution in [0, 0.1) is 5.82 Å². The van der Waals surface area contributed by atoms with Crippen molar-refractivity contribution >= 4 is 0 Å². The van der Waals surface area contributed by atoms with Crippen LogP contribution in [0.1, 0.15) is 24.8 Å². The molecule has 1 fully saturated rings. The van der Waals surface area contributed by atoms with E-state index >= 15 is 0 Å². The van der Waals surface area contributed by atoms with E-state index in [4.69, 9.17) is 9.47 Å². The van der Waals surface area contributed by atoms with E-state index in [0.717, 1.165) is 37.9 Å². The van der Waals surface area contributed by atoms with Gasteiger partial charge in [0.2, 0.25) is 0 Å². The molecule has 1 saturated heterocycles. The van der Waals surface area contributed by atoms with Crippen molar-refractivity contribution in [3.05, 3.63) is 48.0 Å². The normalized spacial score (nSPS) is 20.6. The second kappa shape index (κ2) is 6.40. The SMILES string of the molecule is Fc1ccc(C/C=C/OC2CCCCO2)cc1. The van der Waals surface area contributed by atoms with Crippen molar-refractivity contribution in [2.24, 2.45) is 0 Å². The third-order valence-corrected chi connectivity index (χ3v) is 2.73. The first kappa shape index (κ1) is 12.1. The summed E-state index contributed by atoms with van der Waals surface area (Å²) in [5.74, 6) is -0.204. The van der Waals surface area contributed by atoms with Gasteiger partial charge >= 0.3 is 0 Å². The Kier molecular flexibility index (Phi) is 4.56. The van der Waals surface area contributed by atoms with Crippen LogP contribution < -0.4 is 0 Å².